The number of para-hydroxylation sites is 1. The molecule has 0 aliphatic carbocycles. The lowest BCUT2D eigenvalue weighted by atomic mass is 9.87. The first kappa shape index (κ1) is 23.7. The van der Waals surface area contributed by atoms with Crippen LogP contribution in [0.15, 0.2) is 48.5 Å². The molecule has 0 bridgehead atoms. The highest BCUT2D eigenvalue weighted by atomic mass is 19.4. The highest BCUT2D eigenvalue weighted by molar-refractivity contribution is 5.88. The van der Waals surface area contributed by atoms with Gasteiger partial charge in [0, 0.05) is 44.3 Å². The maximum atomic E-state index is 14.6. The molecule has 0 spiro atoms. The molecule has 186 valence electrons. The molecule has 0 N–H and O–H groups in total. The predicted octanol–water partition coefficient (Wildman–Crippen LogP) is 5.34. The number of alkyl halides is 3. The number of likely N-dealkylation sites (N-methyl/N-ethyl adjacent to an activating group) is 1. The molecule has 0 radical (unpaired) electrons. The Balaban J connectivity index is 1.43. The number of hydrogen-bond acceptors (Lipinski definition) is 2. The Kier molecular flexibility index (Phi) is 6.21. The Morgan fingerprint density at radius 1 is 0.914 bits per heavy atom. The number of halogens is 4. The fraction of sp³-hybridized carbons (Fsp3) is 0.423. The molecule has 5 rings (SSSR count). The highest BCUT2D eigenvalue weighted by Gasteiger charge is 2.42. The maximum absolute atomic E-state index is 14.6. The fourth-order valence-electron chi connectivity index (χ4n) is 5.43. The van der Waals surface area contributed by atoms with Crippen molar-refractivity contribution in [2.45, 2.75) is 24.9 Å². The van der Waals surface area contributed by atoms with E-state index in [1.165, 1.54) is 28.8 Å². The summed E-state index contributed by atoms with van der Waals surface area (Å²) in [6.07, 6.45) is -3.36. The third kappa shape index (κ3) is 4.49. The zero-order valence-electron chi connectivity index (χ0n) is 19.6. The fourth-order valence-corrected chi connectivity index (χ4v) is 5.43. The van der Waals surface area contributed by atoms with Crippen molar-refractivity contribution < 1.29 is 22.4 Å². The average molecular weight is 489 g/mol. The van der Waals surface area contributed by atoms with Crippen molar-refractivity contribution in [3.63, 3.8) is 0 Å². The molecule has 0 unspecified atom stereocenters. The summed E-state index contributed by atoms with van der Waals surface area (Å²) >= 11 is 0. The molecule has 2 amide bonds. The van der Waals surface area contributed by atoms with Gasteiger partial charge in [0.05, 0.1) is 5.52 Å². The summed E-state index contributed by atoms with van der Waals surface area (Å²) < 4.78 is 58.4. The first-order valence-electron chi connectivity index (χ1n) is 11.9. The molecule has 2 saturated heterocycles. The normalized spacial score (nSPS) is 18.3. The van der Waals surface area contributed by atoms with Gasteiger partial charge in [-0.15, -0.1) is 0 Å². The van der Waals surface area contributed by atoms with E-state index in [1.807, 2.05) is 4.90 Å². The number of carbonyl (C=O) groups excluding carboxylic acids is 1. The largest absolute Gasteiger partial charge is 0.432 e. The Labute approximate surface area is 201 Å². The van der Waals surface area contributed by atoms with Gasteiger partial charge in [0.1, 0.15) is 11.5 Å². The molecule has 0 saturated carbocycles. The van der Waals surface area contributed by atoms with Crippen molar-refractivity contribution in [1.29, 1.82) is 0 Å². The van der Waals surface area contributed by atoms with Gasteiger partial charge in [-0.3, -0.25) is 0 Å². The van der Waals surface area contributed by atoms with E-state index >= 15 is 0 Å². The summed E-state index contributed by atoms with van der Waals surface area (Å²) in [6.45, 7) is 4.13. The average Bonchev–Trinajstić information content (AvgIpc) is 3.36. The first-order chi connectivity index (χ1) is 16.7. The maximum Gasteiger partial charge on any atom is 0.432 e. The van der Waals surface area contributed by atoms with Crippen molar-refractivity contribution in [3.05, 3.63) is 65.6 Å². The summed E-state index contributed by atoms with van der Waals surface area (Å²) in [5, 5.41) is 0.591. The van der Waals surface area contributed by atoms with Gasteiger partial charge in [0.25, 0.3) is 0 Å². The van der Waals surface area contributed by atoms with Gasteiger partial charge in [-0.2, -0.15) is 13.2 Å². The summed E-state index contributed by atoms with van der Waals surface area (Å²) in [5.41, 5.74) is 0.419. The lowest BCUT2D eigenvalue weighted by Gasteiger charge is -2.33. The quantitative estimate of drug-likeness (QED) is 0.455. The number of urea groups is 1. The highest BCUT2D eigenvalue weighted by Crippen LogP contribution is 2.45. The van der Waals surface area contributed by atoms with Crippen LogP contribution in [0, 0.1) is 5.82 Å². The third-order valence-corrected chi connectivity index (χ3v) is 7.25. The SMILES string of the molecule is CN1CCN(CCN2CCC(c3c(C(F)(F)F)n(-c4ccc(F)cc4)c4ccccc34)CC2)C1=O. The van der Waals surface area contributed by atoms with Gasteiger partial charge < -0.3 is 19.3 Å². The van der Waals surface area contributed by atoms with E-state index in [2.05, 4.69) is 4.90 Å². The molecule has 3 aromatic rings. The van der Waals surface area contributed by atoms with Crippen molar-refractivity contribution in [3.8, 4) is 5.69 Å². The number of rotatable bonds is 5. The number of likely N-dealkylation sites (tertiary alicyclic amines) is 1. The van der Waals surface area contributed by atoms with Crippen molar-refractivity contribution in [1.82, 2.24) is 19.3 Å². The molecule has 3 heterocycles. The van der Waals surface area contributed by atoms with Crippen molar-refractivity contribution in [2.75, 3.05) is 46.3 Å². The minimum atomic E-state index is -4.57. The standard InChI is InChI=1S/C26H28F4N4O/c1-31-14-16-33(25(31)35)17-15-32-12-10-18(11-13-32)23-21-4-2-3-5-22(21)34(24(23)26(28,29)30)20-8-6-19(27)7-9-20/h2-9,18H,10-17H2,1H3. The van der Waals surface area contributed by atoms with E-state index in [1.54, 1.807) is 36.2 Å². The van der Waals surface area contributed by atoms with Crippen LogP contribution in [0.5, 0.6) is 0 Å². The van der Waals surface area contributed by atoms with E-state index in [-0.39, 0.29) is 11.9 Å². The number of piperidine rings is 1. The van der Waals surface area contributed by atoms with Crippen LogP contribution in [-0.4, -0.2) is 71.6 Å². The lowest BCUT2D eigenvalue weighted by molar-refractivity contribution is -0.143. The van der Waals surface area contributed by atoms with Gasteiger partial charge in [0.2, 0.25) is 0 Å². The molecular formula is C26H28F4N4O. The Bertz CT molecular complexity index is 1210. The monoisotopic (exact) mass is 488 g/mol. The number of fused-ring (bicyclic) bond motifs is 1. The number of hydrogen-bond donors (Lipinski definition) is 0. The molecule has 0 atom stereocenters. The minimum absolute atomic E-state index is 0.0308. The Morgan fingerprint density at radius 2 is 1.60 bits per heavy atom. The summed E-state index contributed by atoms with van der Waals surface area (Å²) in [5.74, 6) is -0.734. The van der Waals surface area contributed by atoms with E-state index in [4.69, 9.17) is 0 Å². The zero-order valence-corrected chi connectivity index (χ0v) is 19.6. The predicted molar refractivity (Wildman–Crippen MR) is 126 cm³/mol. The van der Waals surface area contributed by atoms with E-state index in [0.29, 0.717) is 61.2 Å². The zero-order chi connectivity index (χ0) is 24.7. The lowest BCUT2D eigenvalue weighted by Crippen LogP contribution is -2.40. The first-order valence-corrected chi connectivity index (χ1v) is 11.9. The van der Waals surface area contributed by atoms with Crippen LogP contribution in [-0.2, 0) is 6.18 Å². The molecule has 35 heavy (non-hydrogen) atoms. The number of aromatic nitrogens is 1. The topological polar surface area (TPSA) is 31.7 Å². The molecule has 2 aliphatic rings. The van der Waals surface area contributed by atoms with Crippen LogP contribution in [0.3, 0.4) is 0 Å². The van der Waals surface area contributed by atoms with Gasteiger partial charge in [-0.05, 0) is 67.7 Å². The van der Waals surface area contributed by atoms with Crippen molar-refractivity contribution in [2.24, 2.45) is 0 Å². The summed E-state index contributed by atoms with van der Waals surface area (Å²) in [7, 11) is 1.79. The van der Waals surface area contributed by atoms with Gasteiger partial charge >= 0.3 is 12.2 Å². The third-order valence-electron chi connectivity index (χ3n) is 7.25. The van der Waals surface area contributed by atoms with Crippen LogP contribution in [0.4, 0.5) is 22.4 Å². The molecule has 9 heteroatoms. The second-order valence-electron chi connectivity index (χ2n) is 9.40. The van der Waals surface area contributed by atoms with Gasteiger partial charge in [-0.1, -0.05) is 18.2 Å². The molecule has 2 fully saturated rings. The molecular weight excluding hydrogens is 460 g/mol. The van der Waals surface area contributed by atoms with E-state index in [0.717, 1.165) is 13.1 Å². The van der Waals surface area contributed by atoms with Gasteiger partial charge in [-0.25, -0.2) is 9.18 Å². The minimum Gasteiger partial charge on any atom is -0.326 e. The van der Waals surface area contributed by atoms with E-state index in [9.17, 15) is 22.4 Å². The molecule has 5 nitrogen and oxygen atoms in total. The van der Waals surface area contributed by atoms with Crippen LogP contribution in [0.25, 0.3) is 16.6 Å². The van der Waals surface area contributed by atoms with Crippen LogP contribution in [0.1, 0.15) is 30.0 Å². The number of nitrogens with zero attached hydrogens (tertiary/aromatic N) is 4. The summed E-state index contributed by atoms with van der Waals surface area (Å²) in [6, 6.07) is 12.1. The second kappa shape index (κ2) is 9.18. The number of carbonyl (C=O) groups is 1. The van der Waals surface area contributed by atoms with Crippen molar-refractivity contribution >= 4 is 16.9 Å². The van der Waals surface area contributed by atoms with Crippen LogP contribution < -0.4 is 0 Å². The Hall–Kier alpha value is -3.07. The number of amides is 2. The molecule has 2 aromatic carbocycles. The summed E-state index contributed by atoms with van der Waals surface area (Å²) in [4.78, 5) is 17.9. The second-order valence-corrected chi connectivity index (χ2v) is 9.40. The smallest absolute Gasteiger partial charge is 0.326 e. The molecule has 1 aromatic heterocycles. The van der Waals surface area contributed by atoms with Crippen LogP contribution >= 0.6 is 0 Å². The number of benzene rings is 2. The molecule has 2 aliphatic heterocycles. The van der Waals surface area contributed by atoms with Gasteiger partial charge in [0.15, 0.2) is 0 Å². The Morgan fingerprint density at radius 3 is 2.23 bits per heavy atom. The van der Waals surface area contributed by atoms with E-state index < -0.39 is 17.7 Å². The van der Waals surface area contributed by atoms with Crippen LogP contribution in [0.2, 0.25) is 0 Å².